The molecule has 4 nitrogen and oxygen atoms in total. The lowest BCUT2D eigenvalue weighted by Gasteiger charge is -2.28. The fourth-order valence-corrected chi connectivity index (χ4v) is 2.74. The van der Waals surface area contributed by atoms with Gasteiger partial charge in [-0.05, 0) is 26.2 Å². The van der Waals surface area contributed by atoms with E-state index < -0.39 is 0 Å². The van der Waals surface area contributed by atoms with E-state index in [1.165, 1.54) is 0 Å². The van der Waals surface area contributed by atoms with Crippen molar-refractivity contribution in [1.29, 1.82) is 0 Å². The average molecular weight is 240 g/mol. The molecule has 0 aromatic heterocycles. The number of nitrogens with one attached hydrogen (secondary N) is 1. The molecule has 17 heavy (non-hydrogen) atoms. The molecule has 0 saturated carbocycles. The second-order valence-electron chi connectivity index (χ2n) is 5.50. The smallest absolute Gasteiger partial charge is 0.240 e. The van der Waals surface area contributed by atoms with E-state index in [9.17, 15) is 4.79 Å². The van der Waals surface area contributed by atoms with Gasteiger partial charge in [-0.2, -0.15) is 0 Å². The summed E-state index contributed by atoms with van der Waals surface area (Å²) in [5, 5.41) is 3.30. The van der Waals surface area contributed by atoms with Crippen LogP contribution >= 0.6 is 0 Å². The molecule has 2 aliphatic heterocycles. The van der Waals surface area contributed by atoms with E-state index in [1.54, 1.807) is 0 Å². The number of nitrogens with zero attached hydrogens (tertiary/aromatic N) is 1. The van der Waals surface area contributed by atoms with Gasteiger partial charge in [0.25, 0.3) is 0 Å². The van der Waals surface area contributed by atoms with Gasteiger partial charge in [-0.1, -0.05) is 19.8 Å². The first kappa shape index (κ1) is 12.8. The molecule has 0 bridgehead atoms. The standard InChI is InChI=1S/C13H24N2O2/c1-3-4-6-11-12(16)15(10-14-11)9-13(2)7-5-8-17-13/h11,14H,3-10H2,1-2H3. The van der Waals surface area contributed by atoms with Crippen LogP contribution in [0.2, 0.25) is 0 Å². The molecule has 4 heteroatoms. The molecular formula is C13H24N2O2. The van der Waals surface area contributed by atoms with Crippen molar-refractivity contribution in [1.82, 2.24) is 10.2 Å². The fourth-order valence-electron chi connectivity index (χ4n) is 2.74. The molecule has 2 fully saturated rings. The van der Waals surface area contributed by atoms with Crippen LogP contribution < -0.4 is 5.32 Å². The van der Waals surface area contributed by atoms with Crippen LogP contribution in [-0.2, 0) is 9.53 Å². The Labute approximate surface area is 104 Å². The molecule has 0 aliphatic carbocycles. The van der Waals surface area contributed by atoms with Crippen molar-refractivity contribution in [3.63, 3.8) is 0 Å². The molecule has 1 N–H and O–H groups in total. The lowest BCUT2D eigenvalue weighted by Crippen LogP contribution is -2.42. The Hall–Kier alpha value is -0.610. The van der Waals surface area contributed by atoms with E-state index in [0.29, 0.717) is 6.67 Å². The first-order chi connectivity index (χ1) is 8.14. The zero-order valence-electron chi connectivity index (χ0n) is 11.0. The topological polar surface area (TPSA) is 41.6 Å². The quantitative estimate of drug-likeness (QED) is 0.792. The number of ether oxygens (including phenoxy) is 1. The van der Waals surface area contributed by atoms with Crippen molar-refractivity contribution in [2.24, 2.45) is 0 Å². The minimum Gasteiger partial charge on any atom is -0.373 e. The van der Waals surface area contributed by atoms with Gasteiger partial charge < -0.3 is 9.64 Å². The molecule has 2 rings (SSSR count). The number of hydrogen-bond acceptors (Lipinski definition) is 3. The SMILES string of the molecule is CCCCC1NCN(CC2(C)CCCO2)C1=O. The van der Waals surface area contributed by atoms with Gasteiger partial charge in [-0.3, -0.25) is 10.1 Å². The molecule has 0 spiro atoms. The van der Waals surface area contributed by atoms with E-state index in [2.05, 4.69) is 19.2 Å². The maximum Gasteiger partial charge on any atom is 0.240 e. The van der Waals surface area contributed by atoms with Gasteiger partial charge in [0.1, 0.15) is 0 Å². The van der Waals surface area contributed by atoms with Crippen LogP contribution in [0.15, 0.2) is 0 Å². The number of amides is 1. The predicted molar refractivity (Wildman–Crippen MR) is 66.6 cm³/mol. The first-order valence-electron chi connectivity index (χ1n) is 6.81. The largest absolute Gasteiger partial charge is 0.373 e. The minimum absolute atomic E-state index is 0.0416. The summed E-state index contributed by atoms with van der Waals surface area (Å²) >= 11 is 0. The number of hydrogen-bond donors (Lipinski definition) is 1. The lowest BCUT2D eigenvalue weighted by molar-refractivity contribution is -0.132. The second kappa shape index (κ2) is 5.36. The van der Waals surface area contributed by atoms with Gasteiger partial charge in [0.05, 0.1) is 24.9 Å². The molecule has 98 valence electrons. The van der Waals surface area contributed by atoms with Crippen LogP contribution in [0, 0.1) is 0 Å². The molecule has 0 radical (unpaired) electrons. The summed E-state index contributed by atoms with van der Waals surface area (Å²) < 4.78 is 5.75. The van der Waals surface area contributed by atoms with Crippen LogP contribution in [0.25, 0.3) is 0 Å². The van der Waals surface area contributed by atoms with Gasteiger partial charge in [0.2, 0.25) is 5.91 Å². The summed E-state index contributed by atoms with van der Waals surface area (Å²) in [6.07, 6.45) is 5.41. The molecule has 2 heterocycles. The third kappa shape index (κ3) is 2.99. The maximum absolute atomic E-state index is 12.1. The summed E-state index contributed by atoms with van der Waals surface area (Å²) in [5.41, 5.74) is -0.114. The van der Waals surface area contributed by atoms with E-state index in [1.807, 2.05) is 4.90 Å². The van der Waals surface area contributed by atoms with Crippen LogP contribution in [0.5, 0.6) is 0 Å². The predicted octanol–water partition coefficient (Wildman–Crippen LogP) is 1.50. The monoisotopic (exact) mass is 240 g/mol. The fraction of sp³-hybridized carbons (Fsp3) is 0.923. The summed E-state index contributed by atoms with van der Waals surface area (Å²) in [6, 6.07) is 0.0416. The van der Waals surface area contributed by atoms with Gasteiger partial charge >= 0.3 is 0 Å². The van der Waals surface area contributed by atoms with Crippen molar-refractivity contribution in [2.75, 3.05) is 19.8 Å². The highest BCUT2D eigenvalue weighted by atomic mass is 16.5. The van der Waals surface area contributed by atoms with Crippen LogP contribution in [0.1, 0.15) is 46.0 Å². The molecule has 2 aliphatic rings. The lowest BCUT2D eigenvalue weighted by atomic mass is 10.0. The summed E-state index contributed by atoms with van der Waals surface area (Å²) in [6.45, 7) is 6.54. The highest BCUT2D eigenvalue weighted by molar-refractivity contribution is 5.83. The molecule has 2 saturated heterocycles. The Bertz CT molecular complexity index is 275. The normalized spacial score (nSPS) is 33.6. The second-order valence-corrected chi connectivity index (χ2v) is 5.50. The molecule has 2 atom stereocenters. The Kier molecular flexibility index (Phi) is 4.05. The molecule has 0 aromatic carbocycles. The number of unbranched alkanes of at least 4 members (excludes halogenated alkanes) is 1. The molecular weight excluding hydrogens is 216 g/mol. The van der Waals surface area contributed by atoms with Crippen molar-refractivity contribution in [3.8, 4) is 0 Å². The van der Waals surface area contributed by atoms with Gasteiger partial charge in [0, 0.05) is 6.61 Å². The Morgan fingerprint density at radius 1 is 1.59 bits per heavy atom. The van der Waals surface area contributed by atoms with E-state index in [0.717, 1.165) is 45.3 Å². The number of rotatable bonds is 5. The van der Waals surface area contributed by atoms with Crippen molar-refractivity contribution in [3.05, 3.63) is 0 Å². The number of carbonyl (C=O) groups is 1. The van der Waals surface area contributed by atoms with Gasteiger partial charge in [-0.25, -0.2) is 0 Å². The summed E-state index contributed by atoms with van der Waals surface area (Å²) in [7, 11) is 0. The Morgan fingerprint density at radius 2 is 2.41 bits per heavy atom. The number of carbonyl (C=O) groups excluding carboxylic acids is 1. The summed E-state index contributed by atoms with van der Waals surface area (Å²) in [5.74, 6) is 0.259. The van der Waals surface area contributed by atoms with Crippen molar-refractivity contribution >= 4 is 5.91 Å². The molecule has 1 amide bonds. The van der Waals surface area contributed by atoms with Crippen LogP contribution in [0.4, 0.5) is 0 Å². The van der Waals surface area contributed by atoms with Crippen molar-refractivity contribution in [2.45, 2.75) is 57.6 Å². The van der Waals surface area contributed by atoms with E-state index >= 15 is 0 Å². The Morgan fingerprint density at radius 3 is 3.06 bits per heavy atom. The maximum atomic E-state index is 12.1. The third-order valence-corrected chi connectivity index (χ3v) is 3.81. The molecule has 2 unspecified atom stereocenters. The molecule has 0 aromatic rings. The van der Waals surface area contributed by atoms with Gasteiger partial charge in [0.15, 0.2) is 0 Å². The average Bonchev–Trinajstić information content (AvgIpc) is 2.86. The summed E-state index contributed by atoms with van der Waals surface area (Å²) in [4.78, 5) is 14.1. The van der Waals surface area contributed by atoms with Crippen molar-refractivity contribution < 1.29 is 9.53 Å². The van der Waals surface area contributed by atoms with E-state index in [4.69, 9.17) is 4.74 Å². The zero-order valence-corrected chi connectivity index (χ0v) is 11.0. The van der Waals surface area contributed by atoms with Gasteiger partial charge in [-0.15, -0.1) is 0 Å². The first-order valence-corrected chi connectivity index (χ1v) is 6.81. The highest BCUT2D eigenvalue weighted by Gasteiger charge is 2.38. The Balaban J connectivity index is 1.84. The highest BCUT2D eigenvalue weighted by Crippen LogP contribution is 2.27. The third-order valence-electron chi connectivity index (χ3n) is 3.81. The van der Waals surface area contributed by atoms with E-state index in [-0.39, 0.29) is 17.6 Å². The minimum atomic E-state index is -0.114. The zero-order chi connectivity index (χ0) is 12.3. The van der Waals surface area contributed by atoms with Crippen LogP contribution in [-0.4, -0.2) is 42.3 Å². The van der Waals surface area contributed by atoms with Crippen LogP contribution in [0.3, 0.4) is 0 Å².